The van der Waals surface area contributed by atoms with Crippen molar-refractivity contribution in [3.8, 4) is 0 Å². The number of piperidine rings is 1. The monoisotopic (exact) mass is 442 g/mol. The molecule has 3 aliphatic heterocycles. The minimum atomic E-state index is -0.0858. The van der Waals surface area contributed by atoms with Gasteiger partial charge in [0, 0.05) is 23.8 Å². The van der Waals surface area contributed by atoms with Crippen molar-refractivity contribution in [1.29, 1.82) is 0 Å². The van der Waals surface area contributed by atoms with Gasteiger partial charge in [0.05, 0.1) is 46.4 Å². The third-order valence-electron chi connectivity index (χ3n) is 6.68. The van der Waals surface area contributed by atoms with Crippen molar-refractivity contribution < 1.29 is 4.79 Å². The number of aromatic nitrogens is 3. The Kier molecular flexibility index (Phi) is 5.81. The van der Waals surface area contributed by atoms with Crippen LogP contribution in [0.5, 0.6) is 0 Å². The summed E-state index contributed by atoms with van der Waals surface area (Å²) in [4.78, 5) is 26.8. The summed E-state index contributed by atoms with van der Waals surface area (Å²) in [7, 11) is 0. The van der Waals surface area contributed by atoms with Crippen molar-refractivity contribution in [1.82, 2.24) is 24.4 Å². The first-order valence-electron chi connectivity index (χ1n) is 11.8. The highest BCUT2D eigenvalue weighted by Gasteiger charge is 2.26. The van der Waals surface area contributed by atoms with Crippen LogP contribution >= 0.6 is 0 Å². The molecule has 0 unspecified atom stereocenters. The summed E-state index contributed by atoms with van der Waals surface area (Å²) in [5.41, 5.74) is 6.24. The van der Waals surface area contributed by atoms with Crippen molar-refractivity contribution in [2.75, 3.05) is 19.6 Å². The Balaban J connectivity index is 1.45. The van der Waals surface area contributed by atoms with Gasteiger partial charge in [0.15, 0.2) is 0 Å². The molecule has 0 atom stereocenters. The van der Waals surface area contributed by atoms with Crippen LogP contribution in [0.3, 0.4) is 0 Å². The quantitative estimate of drug-likeness (QED) is 0.720. The lowest BCUT2D eigenvalue weighted by Gasteiger charge is -2.33. The second-order valence-electron chi connectivity index (χ2n) is 8.82. The van der Waals surface area contributed by atoms with Crippen LogP contribution in [-0.4, -0.2) is 56.2 Å². The molecule has 7 nitrogen and oxygen atoms in total. The van der Waals surface area contributed by atoms with Crippen LogP contribution in [-0.2, 0) is 11.2 Å². The summed E-state index contributed by atoms with van der Waals surface area (Å²) in [6.45, 7) is 9.52. The third kappa shape index (κ3) is 4.20. The minimum Gasteiger partial charge on any atom is -0.304 e. The largest absolute Gasteiger partial charge is 0.304 e. The Morgan fingerprint density at radius 3 is 2.76 bits per heavy atom. The highest BCUT2D eigenvalue weighted by Crippen LogP contribution is 2.30. The zero-order valence-corrected chi connectivity index (χ0v) is 19.5. The van der Waals surface area contributed by atoms with Gasteiger partial charge < -0.3 is 4.90 Å². The standard InChI is InChI=1S/C26H30N6O/c1-4-22-25-14-23(29-32(25)16-18(3)28-22)20-7-6-8-21-15-27-24(17-31(21)26(33)13-20)19-9-11-30(5-2)12-10-19/h6-8,13-17,19H,4-5,9-12H2,1-3H3/b7-6?,20-13?,21-8+. The first kappa shape index (κ1) is 21.5. The maximum atomic E-state index is 13.3. The molecule has 5 rings (SSSR count). The van der Waals surface area contributed by atoms with E-state index in [1.165, 1.54) is 0 Å². The summed E-state index contributed by atoms with van der Waals surface area (Å²) >= 11 is 0. The molecule has 1 fully saturated rings. The summed E-state index contributed by atoms with van der Waals surface area (Å²) in [5, 5.41) is 4.74. The molecular formula is C26H30N6O. The number of hydrogen-bond acceptors (Lipinski definition) is 5. The van der Waals surface area contributed by atoms with Gasteiger partial charge in [-0.3, -0.25) is 19.7 Å². The first-order chi connectivity index (χ1) is 16.1. The van der Waals surface area contributed by atoms with Crippen molar-refractivity contribution in [3.63, 3.8) is 0 Å². The van der Waals surface area contributed by atoms with E-state index in [2.05, 4.69) is 23.7 Å². The van der Waals surface area contributed by atoms with Gasteiger partial charge in [0.2, 0.25) is 0 Å². The average Bonchev–Trinajstić information content (AvgIpc) is 3.25. The first-order valence-corrected chi connectivity index (χ1v) is 11.8. The molecule has 3 aliphatic rings. The van der Waals surface area contributed by atoms with E-state index < -0.39 is 0 Å². The predicted octanol–water partition coefficient (Wildman–Crippen LogP) is 3.92. The molecule has 0 saturated carbocycles. The van der Waals surface area contributed by atoms with E-state index in [0.717, 1.165) is 78.5 Å². The average molecular weight is 443 g/mol. The zero-order chi connectivity index (χ0) is 22.9. The predicted molar refractivity (Wildman–Crippen MR) is 131 cm³/mol. The molecule has 0 aromatic carbocycles. The number of nitrogens with zero attached hydrogens (tertiary/aromatic N) is 6. The molecule has 0 spiro atoms. The molecule has 0 bridgehead atoms. The number of aryl methyl sites for hydroxylation is 2. The van der Waals surface area contributed by atoms with Gasteiger partial charge in [0.1, 0.15) is 0 Å². The van der Waals surface area contributed by atoms with Crippen LogP contribution in [0, 0.1) is 12.8 Å². The van der Waals surface area contributed by atoms with Crippen LogP contribution in [0.25, 0.3) is 11.1 Å². The smallest absolute Gasteiger partial charge is 0.255 e. The fourth-order valence-electron chi connectivity index (χ4n) is 4.76. The molecular weight excluding hydrogens is 412 g/mol. The highest BCUT2D eigenvalue weighted by molar-refractivity contribution is 6.02. The molecule has 33 heavy (non-hydrogen) atoms. The number of amides is 1. The second-order valence-corrected chi connectivity index (χ2v) is 8.82. The van der Waals surface area contributed by atoms with E-state index in [4.69, 9.17) is 10.1 Å². The van der Waals surface area contributed by atoms with Crippen LogP contribution in [0.1, 0.15) is 43.8 Å². The maximum absolute atomic E-state index is 13.3. The van der Waals surface area contributed by atoms with Gasteiger partial charge in [0.25, 0.3) is 5.91 Å². The van der Waals surface area contributed by atoms with Crippen LogP contribution in [0.2, 0.25) is 0 Å². The number of aliphatic imine (C=N–C) groups is 1. The van der Waals surface area contributed by atoms with Crippen LogP contribution < -0.4 is 0 Å². The normalized spacial score (nSPS) is 21.4. The Hall–Kier alpha value is -3.32. The van der Waals surface area contributed by atoms with E-state index in [9.17, 15) is 4.79 Å². The lowest BCUT2D eigenvalue weighted by Crippen LogP contribution is -2.35. The molecule has 1 amide bonds. The maximum Gasteiger partial charge on any atom is 0.255 e. The summed E-state index contributed by atoms with van der Waals surface area (Å²) in [6.07, 6.45) is 16.1. The third-order valence-corrected chi connectivity index (χ3v) is 6.68. The number of carbonyl (C=O) groups excluding carboxylic acids is 1. The minimum absolute atomic E-state index is 0.0858. The summed E-state index contributed by atoms with van der Waals surface area (Å²) < 4.78 is 1.86. The lowest BCUT2D eigenvalue weighted by atomic mass is 9.93. The summed E-state index contributed by atoms with van der Waals surface area (Å²) in [6, 6.07) is 2.02. The molecule has 170 valence electrons. The van der Waals surface area contributed by atoms with E-state index in [1.54, 1.807) is 11.0 Å². The molecule has 7 heteroatoms. The van der Waals surface area contributed by atoms with Gasteiger partial charge in [-0.15, -0.1) is 0 Å². The Labute approximate surface area is 194 Å². The number of hydrogen-bond donors (Lipinski definition) is 0. The molecule has 2 aromatic rings. The van der Waals surface area contributed by atoms with E-state index >= 15 is 0 Å². The summed E-state index contributed by atoms with van der Waals surface area (Å²) in [5.74, 6) is 0.307. The topological polar surface area (TPSA) is 66.1 Å². The molecule has 1 saturated heterocycles. The van der Waals surface area contributed by atoms with Crippen molar-refractivity contribution in [2.45, 2.75) is 40.0 Å². The molecule has 0 N–H and O–H groups in total. The van der Waals surface area contributed by atoms with Gasteiger partial charge in [-0.1, -0.05) is 26.0 Å². The fraction of sp³-hybridized carbons (Fsp3) is 0.385. The molecule has 5 heterocycles. The van der Waals surface area contributed by atoms with Gasteiger partial charge >= 0.3 is 0 Å². The number of likely N-dealkylation sites (tertiary alicyclic amines) is 1. The molecule has 0 aliphatic carbocycles. The second kappa shape index (κ2) is 8.90. The van der Waals surface area contributed by atoms with Crippen molar-refractivity contribution in [2.24, 2.45) is 10.9 Å². The molecule has 0 radical (unpaired) electrons. The van der Waals surface area contributed by atoms with E-state index in [1.807, 2.05) is 54.3 Å². The SMILES string of the molecule is CCc1nc(C)cn2nc(C3=CC(=O)N4C=C(C5CCN(CC)CC5)N=C/C4=C\C=C3)cc12. The Morgan fingerprint density at radius 2 is 2.00 bits per heavy atom. The number of carbonyl (C=O) groups is 1. The Bertz CT molecular complexity index is 1240. The van der Waals surface area contributed by atoms with Crippen LogP contribution in [0.4, 0.5) is 0 Å². The van der Waals surface area contributed by atoms with Gasteiger partial charge in [-0.05, 0) is 58.0 Å². The number of fused-ring (bicyclic) bond motifs is 2. The molecule has 2 aromatic heterocycles. The Morgan fingerprint density at radius 1 is 1.18 bits per heavy atom. The lowest BCUT2D eigenvalue weighted by molar-refractivity contribution is -0.121. The highest BCUT2D eigenvalue weighted by atomic mass is 16.2. The fourth-order valence-corrected chi connectivity index (χ4v) is 4.76. The zero-order valence-electron chi connectivity index (χ0n) is 19.5. The van der Waals surface area contributed by atoms with Crippen molar-refractivity contribution in [3.05, 3.63) is 71.2 Å². The van der Waals surface area contributed by atoms with Gasteiger partial charge in [-0.2, -0.15) is 5.10 Å². The van der Waals surface area contributed by atoms with E-state index in [-0.39, 0.29) is 5.91 Å². The van der Waals surface area contributed by atoms with Crippen molar-refractivity contribution >= 4 is 23.2 Å². The van der Waals surface area contributed by atoms with E-state index in [0.29, 0.717) is 5.92 Å². The van der Waals surface area contributed by atoms with Crippen LogP contribution in [0.15, 0.2) is 59.2 Å². The van der Waals surface area contributed by atoms with Gasteiger partial charge in [-0.25, -0.2) is 4.52 Å². The number of allylic oxidation sites excluding steroid dienone is 6. The number of rotatable bonds is 4.